The summed E-state index contributed by atoms with van der Waals surface area (Å²) in [5.74, 6) is 0.180. The third-order valence-corrected chi connectivity index (χ3v) is 4.70. The van der Waals surface area contributed by atoms with Gasteiger partial charge in [0.15, 0.2) is 0 Å². The highest BCUT2D eigenvalue weighted by molar-refractivity contribution is 5.88. The average Bonchev–Trinajstić information content (AvgIpc) is 2.87. The molecule has 0 radical (unpaired) electrons. The van der Waals surface area contributed by atoms with Crippen LogP contribution >= 0.6 is 0 Å². The summed E-state index contributed by atoms with van der Waals surface area (Å²) in [6.45, 7) is 6.62. The van der Waals surface area contributed by atoms with Crippen molar-refractivity contribution in [3.63, 3.8) is 0 Å². The zero-order chi connectivity index (χ0) is 15.0. The molecule has 0 fully saturated rings. The Hall–Kier alpha value is -1.61. The monoisotopic (exact) mass is 285 g/mol. The number of rotatable bonds is 4. The second-order valence-electron chi connectivity index (χ2n) is 6.00. The Morgan fingerprint density at radius 3 is 2.86 bits per heavy atom. The SMILES string of the molecule is CCc1cccc2c3c([nH]c12)C(CC)(CC(C)=O)OCC3. The number of carbonyl (C=O) groups is 1. The lowest BCUT2D eigenvalue weighted by atomic mass is 9.85. The molecular weight excluding hydrogens is 262 g/mol. The van der Waals surface area contributed by atoms with E-state index in [0.29, 0.717) is 13.0 Å². The first-order valence-corrected chi connectivity index (χ1v) is 7.87. The number of benzene rings is 1. The summed E-state index contributed by atoms with van der Waals surface area (Å²) in [4.78, 5) is 15.3. The highest BCUT2D eigenvalue weighted by Crippen LogP contribution is 2.42. The molecule has 0 saturated heterocycles. The highest BCUT2D eigenvalue weighted by atomic mass is 16.5. The molecular formula is C18H23NO2. The molecule has 3 heteroatoms. The van der Waals surface area contributed by atoms with Gasteiger partial charge >= 0.3 is 0 Å². The van der Waals surface area contributed by atoms with Crippen molar-refractivity contribution in [2.45, 2.75) is 52.1 Å². The maximum atomic E-state index is 11.7. The molecule has 1 unspecified atom stereocenters. The molecule has 0 spiro atoms. The lowest BCUT2D eigenvalue weighted by molar-refractivity contribution is -0.128. The van der Waals surface area contributed by atoms with E-state index in [1.165, 1.54) is 22.0 Å². The van der Waals surface area contributed by atoms with Crippen LogP contribution in [0.1, 0.15) is 50.4 Å². The molecule has 1 aromatic carbocycles. The molecule has 0 saturated carbocycles. The number of fused-ring (bicyclic) bond motifs is 3. The van der Waals surface area contributed by atoms with Gasteiger partial charge < -0.3 is 9.72 Å². The summed E-state index contributed by atoms with van der Waals surface area (Å²) in [6, 6.07) is 6.48. The van der Waals surface area contributed by atoms with Crippen molar-refractivity contribution in [3.05, 3.63) is 35.0 Å². The second kappa shape index (κ2) is 5.30. The van der Waals surface area contributed by atoms with Crippen LogP contribution in [-0.2, 0) is 28.0 Å². The molecule has 2 heterocycles. The molecule has 1 aromatic heterocycles. The minimum atomic E-state index is -0.469. The molecule has 0 bridgehead atoms. The second-order valence-corrected chi connectivity index (χ2v) is 6.00. The number of ketones is 1. The van der Waals surface area contributed by atoms with Crippen LogP contribution in [0, 0.1) is 0 Å². The van der Waals surface area contributed by atoms with Gasteiger partial charge in [0, 0.05) is 17.3 Å². The van der Waals surface area contributed by atoms with E-state index in [2.05, 4.69) is 37.0 Å². The lowest BCUT2D eigenvalue weighted by Gasteiger charge is -2.36. The predicted octanol–water partition coefficient (Wildman–Crippen LogP) is 3.89. The van der Waals surface area contributed by atoms with Crippen molar-refractivity contribution >= 4 is 16.7 Å². The third kappa shape index (κ3) is 2.20. The molecule has 112 valence electrons. The van der Waals surface area contributed by atoms with Gasteiger partial charge in [0.1, 0.15) is 11.4 Å². The molecule has 21 heavy (non-hydrogen) atoms. The van der Waals surface area contributed by atoms with Crippen LogP contribution < -0.4 is 0 Å². The zero-order valence-electron chi connectivity index (χ0n) is 13.1. The van der Waals surface area contributed by atoms with E-state index in [1.54, 1.807) is 6.92 Å². The summed E-state index contributed by atoms with van der Waals surface area (Å²) in [5.41, 5.74) is 4.55. The van der Waals surface area contributed by atoms with Crippen molar-refractivity contribution < 1.29 is 9.53 Å². The van der Waals surface area contributed by atoms with Gasteiger partial charge in [-0.1, -0.05) is 32.0 Å². The largest absolute Gasteiger partial charge is 0.368 e. The maximum absolute atomic E-state index is 11.7. The van der Waals surface area contributed by atoms with Crippen LogP contribution in [-0.4, -0.2) is 17.4 Å². The summed E-state index contributed by atoms with van der Waals surface area (Å²) < 4.78 is 6.10. The number of nitrogens with one attached hydrogen (secondary N) is 1. The topological polar surface area (TPSA) is 42.1 Å². The van der Waals surface area contributed by atoms with Crippen LogP contribution in [0.25, 0.3) is 10.9 Å². The van der Waals surface area contributed by atoms with E-state index in [9.17, 15) is 4.79 Å². The zero-order valence-corrected chi connectivity index (χ0v) is 13.1. The van der Waals surface area contributed by atoms with Gasteiger partial charge in [0.2, 0.25) is 0 Å². The van der Waals surface area contributed by atoms with Crippen LogP contribution in [0.2, 0.25) is 0 Å². The van der Waals surface area contributed by atoms with Gasteiger partial charge in [-0.25, -0.2) is 0 Å². The first kappa shape index (κ1) is 14.3. The quantitative estimate of drug-likeness (QED) is 0.926. The predicted molar refractivity (Wildman–Crippen MR) is 84.6 cm³/mol. The fourth-order valence-corrected chi connectivity index (χ4v) is 3.64. The number of H-pyrrole nitrogens is 1. The molecule has 2 aromatic rings. The van der Waals surface area contributed by atoms with Gasteiger partial charge in [-0.3, -0.25) is 4.79 Å². The van der Waals surface area contributed by atoms with Gasteiger partial charge in [-0.2, -0.15) is 0 Å². The Morgan fingerprint density at radius 2 is 2.19 bits per heavy atom. The van der Waals surface area contributed by atoms with Crippen LogP contribution in [0.5, 0.6) is 0 Å². The Balaban J connectivity index is 2.24. The van der Waals surface area contributed by atoms with Gasteiger partial charge in [0.25, 0.3) is 0 Å². The number of aromatic nitrogens is 1. The van der Waals surface area contributed by atoms with Crippen molar-refractivity contribution in [2.75, 3.05) is 6.61 Å². The van der Waals surface area contributed by atoms with E-state index < -0.39 is 5.60 Å². The van der Waals surface area contributed by atoms with Gasteiger partial charge in [0.05, 0.1) is 12.3 Å². The van der Waals surface area contributed by atoms with Crippen LogP contribution in [0.4, 0.5) is 0 Å². The van der Waals surface area contributed by atoms with E-state index in [4.69, 9.17) is 4.74 Å². The smallest absolute Gasteiger partial charge is 0.133 e. The number of para-hydroxylation sites is 1. The molecule has 3 rings (SSSR count). The molecule has 1 aliphatic heterocycles. The summed E-state index contributed by atoms with van der Waals surface area (Å²) >= 11 is 0. The number of ether oxygens (including phenoxy) is 1. The third-order valence-electron chi connectivity index (χ3n) is 4.70. The normalized spacial score (nSPS) is 21.5. The number of hydrogen-bond acceptors (Lipinski definition) is 2. The lowest BCUT2D eigenvalue weighted by Crippen LogP contribution is -2.36. The van der Waals surface area contributed by atoms with E-state index in [-0.39, 0.29) is 5.78 Å². The van der Waals surface area contributed by atoms with E-state index in [0.717, 1.165) is 25.0 Å². The summed E-state index contributed by atoms with van der Waals surface area (Å²) in [6.07, 6.45) is 3.18. The number of hydrogen-bond donors (Lipinski definition) is 1. The molecule has 3 nitrogen and oxygen atoms in total. The molecule has 1 N–H and O–H groups in total. The number of Topliss-reactive ketones (excluding diaryl/α,β-unsaturated/α-hetero) is 1. The van der Waals surface area contributed by atoms with E-state index >= 15 is 0 Å². The first-order chi connectivity index (χ1) is 10.1. The van der Waals surface area contributed by atoms with E-state index in [1.807, 2.05) is 0 Å². The van der Waals surface area contributed by atoms with Crippen molar-refractivity contribution in [1.82, 2.24) is 4.98 Å². The van der Waals surface area contributed by atoms with Gasteiger partial charge in [-0.15, -0.1) is 0 Å². The minimum Gasteiger partial charge on any atom is -0.368 e. The first-order valence-electron chi connectivity index (χ1n) is 7.87. The molecule has 0 amide bonds. The summed E-state index contributed by atoms with van der Waals surface area (Å²) in [5, 5.41) is 1.30. The maximum Gasteiger partial charge on any atom is 0.133 e. The Morgan fingerprint density at radius 1 is 1.38 bits per heavy atom. The Labute approximate surface area is 125 Å². The number of aryl methyl sites for hydroxylation is 1. The van der Waals surface area contributed by atoms with Crippen molar-refractivity contribution in [2.24, 2.45) is 0 Å². The Kier molecular flexibility index (Phi) is 3.62. The molecule has 1 atom stereocenters. The Bertz CT molecular complexity index is 686. The van der Waals surface area contributed by atoms with Crippen LogP contribution in [0.3, 0.4) is 0 Å². The molecule has 0 aliphatic carbocycles. The fourth-order valence-electron chi connectivity index (χ4n) is 3.64. The van der Waals surface area contributed by atoms with Crippen molar-refractivity contribution in [3.8, 4) is 0 Å². The highest BCUT2D eigenvalue weighted by Gasteiger charge is 2.39. The number of aromatic amines is 1. The average molecular weight is 285 g/mol. The fraction of sp³-hybridized carbons (Fsp3) is 0.500. The minimum absolute atomic E-state index is 0.180. The van der Waals surface area contributed by atoms with Crippen molar-refractivity contribution in [1.29, 1.82) is 0 Å². The molecule has 1 aliphatic rings. The van der Waals surface area contributed by atoms with Crippen LogP contribution in [0.15, 0.2) is 18.2 Å². The summed E-state index contributed by atoms with van der Waals surface area (Å²) in [7, 11) is 0. The number of carbonyl (C=O) groups excluding carboxylic acids is 1. The standard InChI is InChI=1S/C18H23NO2/c1-4-13-7-6-8-14-15-9-10-21-18(5-2,11-12(3)20)17(15)19-16(13)14/h6-8,19H,4-5,9-11H2,1-3H3. The van der Waals surface area contributed by atoms with Gasteiger partial charge in [-0.05, 0) is 37.3 Å².